The number of carbonyl (C=O) groups excluding carboxylic acids is 1. The topological polar surface area (TPSA) is 89.3 Å². The van der Waals surface area contributed by atoms with Crippen molar-refractivity contribution in [2.75, 3.05) is 0 Å². The van der Waals surface area contributed by atoms with Gasteiger partial charge in [0.1, 0.15) is 5.54 Å². The summed E-state index contributed by atoms with van der Waals surface area (Å²) in [6.07, 6.45) is 3.48. The Hall–Kier alpha value is -1.92. The number of nitrogens with two attached hydrogens (primary N) is 1. The first-order chi connectivity index (χ1) is 10.9. The van der Waals surface area contributed by atoms with Gasteiger partial charge in [-0.05, 0) is 24.3 Å². The second-order valence-electron chi connectivity index (χ2n) is 6.09. The molecule has 6 heteroatoms. The normalized spacial score (nSPS) is 17.9. The lowest BCUT2D eigenvalue weighted by Crippen LogP contribution is -2.58. The van der Waals surface area contributed by atoms with Gasteiger partial charge in [0.05, 0.1) is 4.90 Å². The second kappa shape index (κ2) is 5.94. The zero-order valence-electron chi connectivity index (χ0n) is 12.8. The maximum atomic E-state index is 12.9. The van der Waals surface area contributed by atoms with E-state index in [1.807, 2.05) is 18.2 Å². The van der Waals surface area contributed by atoms with Crippen LogP contribution in [-0.4, -0.2) is 19.9 Å². The lowest BCUT2D eigenvalue weighted by Gasteiger charge is -2.34. The number of benzene rings is 2. The number of amides is 1. The highest BCUT2D eigenvalue weighted by Crippen LogP contribution is 2.31. The van der Waals surface area contributed by atoms with Crippen molar-refractivity contribution >= 4 is 26.7 Å². The Bertz CT molecular complexity index is 835. The predicted molar refractivity (Wildman–Crippen MR) is 89.3 cm³/mol. The smallest absolute Gasteiger partial charge is 0.242 e. The van der Waals surface area contributed by atoms with E-state index in [4.69, 9.17) is 5.73 Å². The molecule has 1 saturated carbocycles. The van der Waals surface area contributed by atoms with Crippen molar-refractivity contribution in [3.05, 3.63) is 42.5 Å². The largest absolute Gasteiger partial charge is 0.368 e. The van der Waals surface area contributed by atoms with Crippen LogP contribution >= 0.6 is 0 Å². The average Bonchev–Trinajstić information content (AvgIpc) is 2.54. The molecule has 23 heavy (non-hydrogen) atoms. The third-order valence-corrected chi connectivity index (χ3v) is 6.14. The fourth-order valence-electron chi connectivity index (χ4n) is 3.30. The molecule has 0 atom stereocenters. The molecule has 0 aliphatic heterocycles. The van der Waals surface area contributed by atoms with Crippen LogP contribution in [0, 0.1) is 0 Å². The van der Waals surface area contributed by atoms with Crippen LogP contribution in [0.1, 0.15) is 32.1 Å². The van der Waals surface area contributed by atoms with Crippen molar-refractivity contribution in [2.45, 2.75) is 42.5 Å². The van der Waals surface area contributed by atoms with Gasteiger partial charge in [-0.3, -0.25) is 4.79 Å². The molecular weight excluding hydrogens is 312 g/mol. The summed E-state index contributed by atoms with van der Waals surface area (Å²) in [5.74, 6) is -0.596. The first-order valence-corrected chi connectivity index (χ1v) is 9.25. The van der Waals surface area contributed by atoms with Crippen LogP contribution in [0.5, 0.6) is 0 Å². The Morgan fingerprint density at radius 2 is 1.65 bits per heavy atom. The highest BCUT2D eigenvalue weighted by Gasteiger charge is 2.41. The fourth-order valence-corrected chi connectivity index (χ4v) is 4.96. The first-order valence-electron chi connectivity index (χ1n) is 7.76. The highest BCUT2D eigenvalue weighted by atomic mass is 32.2. The molecule has 0 unspecified atom stereocenters. The van der Waals surface area contributed by atoms with Crippen LogP contribution < -0.4 is 10.5 Å². The van der Waals surface area contributed by atoms with E-state index in [9.17, 15) is 13.2 Å². The molecule has 5 nitrogen and oxygen atoms in total. The van der Waals surface area contributed by atoms with E-state index in [-0.39, 0.29) is 4.90 Å². The van der Waals surface area contributed by atoms with Gasteiger partial charge >= 0.3 is 0 Å². The van der Waals surface area contributed by atoms with Crippen LogP contribution in [0.15, 0.2) is 47.4 Å². The molecule has 1 aliphatic rings. The van der Waals surface area contributed by atoms with Crippen LogP contribution in [0.4, 0.5) is 0 Å². The molecule has 0 radical (unpaired) electrons. The van der Waals surface area contributed by atoms with Gasteiger partial charge < -0.3 is 5.73 Å². The summed E-state index contributed by atoms with van der Waals surface area (Å²) in [5.41, 5.74) is 4.36. The van der Waals surface area contributed by atoms with Crippen molar-refractivity contribution in [2.24, 2.45) is 5.73 Å². The summed E-state index contributed by atoms with van der Waals surface area (Å²) in [7, 11) is -3.84. The highest BCUT2D eigenvalue weighted by molar-refractivity contribution is 7.89. The number of fused-ring (bicyclic) bond motifs is 1. The van der Waals surface area contributed by atoms with Crippen molar-refractivity contribution in [1.29, 1.82) is 0 Å². The van der Waals surface area contributed by atoms with E-state index in [0.717, 1.165) is 24.6 Å². The lowest BCUT2D eigenvalue weighted by atomic mass is 9.82. The Balaban J connectivity index is 2.05. The summed E-state index contributed by atoms with van der Waals surface area (Å²) in [5, 5.41) is 1.48. The number of hydrogen-bond donors (Lipinski definition) is 2. The zero-order chi connectivity index (χ0) is 16.5. The maximum absolute atomic E-state index is 12.9. The number of primary amides is 1. The third-order valence-electron chi connectivity index (χ3n) is 4.55. The molecule has 2 aromatic rings. The zero-order valence-corrected chi connectivity index (χ0v) is 13.6. The van der Waals surface area contributed by atoms with Gasteiger partial charge in [0.15, 0.2) is 0 Å². The Morgan fingerprint density at radius 1 is 1.00 bits per heavy atom. The molecule has 3 N–H and O–H groups in total. The Labute approximate surface area is 135 Å². The standard InChI is InChI=1S/C17H20N2O3S/c18-16(20)17(11-4-1-5-12-17)19-23(21,22)15-10-6-8-13-7-2-3-9-14(13)15/h2-3,6-10,19H,1,4-5,11-12H2,(H2,18,20). The monoisotopic (exact) mass is 332 g/mol. The van der Waals surface area contributed by atoms with Gasteiger partial charge in [0.2, 0.25) is 15.9 Å². The summed E-state index contributed by atoms with van der Waals surface area (Å²) >= 11 is 0. The molecule has 0 aromatic heterocycles. The van der Waals surface area contributed by atoms with Gasteiger partial charge in [-0.25, -0.2) is 8.42 Å². The summed E-state index contributed by atoms with van der Waals surface area (Å²) in [6.45, 7) is 0. The van der Waals surface area contributed by atoms with Crippen molar-refractivity contribution in [1.82, 2.24) is 4.72 Å². The minimum absolute atomic E-state index is 0.182. The molecule has 1 fully saturated rings. The number of sulfonamides is 1. The lowest BCUT2D eigenvalue weighted by molar-refractivity contribution is -0.124. The van der Waals surface area contributed by atoms with Gasteiger partial charge in [-0.15, -0.1) is 0 Å². The molecule has 2 aromatic carbocycles. The minimum Gasteiger partial charge on any atom is -0.368 e. The van der Waals surface area contributed by atoms with E-state index in [2.05, 4.69) is 4.72 Å². The van der Waals surface area contributed by atoms with E-state index < -0.39 is 21.5 Å². The third kappa shape index (κ3) is 2.96. The summed E-state index contributed by atoms with van der Waals surface area (Å²) in [6, 6.07) is 12.4. The predicted octanol–water partition coefficient (Wildman–Crippen LogP) is 2.31. The molecule has 122 valence electrons. The van der Waals surface area contributed by atoms with Crippen molar-refractivity contribution in [3.63, 3.8) is 0 Å². The number of rotatable bonds is 4. The number of nitrogens with one attached hydrogen (secondary N) is 1. The molecule has 0 saturated heterocycles. The molecule has 0 heterocycles. The van der Waals surface area contributed by atoms with Crippen LogP contribution in [0.25, 0.3) is 10.8 Å². The second-order valence-corrected chi connectivity index (χ2v) is 7.74. The quantitative estimate of drug-likeness (QED) is 0.900. The molecule has 0 spiro atoms. The molecule has 3 rings (SSSR count). The fraction of sp³-hybridized carbons (Fsp3) is 0.353. The van der Waals surface area contributed by atoms with E-state index in [1.54, 1.807) is 24.3 Å². The minimum atomic E-state index is -3.84. The van der Waals surface area contributed by atoms with Crippen LogP contribution in [-0.2, 0) is 14.8 Å². The van der Waals surface area contributed by atoms with Gasteiger partial charge in [-0.2, -0.15) is 4.72 Å². The molecule has 1 aliphatic carbocycles. The van der Waals surface area contributed by atoms with E-state index in [1.165, 1.54) is 0 Å². The van der Waals surface area contributed by atoms with Crippen molar-refractivity contribution < 1.29 is 13.2 Å². The number of hydrogen-bond acceptors (Lipinski definition) is 3. The maximum Gasteiger partial charge on any atom is 0.242 e. The number of carbonyl (C=O) groups is 1. The van der Waals surface area contributed by atoms with Crippen LogP contribution in [0.3, 0.4) is 0 Å². The van der Waals surface area contributed by atoms with Crippen LogP contribution in [0.2, 0.25) is 0 Å². The van der Waals surface area contributed by atoms with Gasteiger partial charge in [-0.1, -0.05) is 55.7 Å². The molecular formula is C17H20N2O3S. The summed E-state index contributed by atoms with van der Waals surface area (Å²) in [4.78, 5) is 12.1. The first kappa shape index (κ1) is 16.0. The average molecular weight is 332 g/mol. The Kier molecular flexibility index (Phi) is 4.12. The van der Waals surface area contributed by atoms with E-state index >= 15 is 0 Å². The van der Waals surface area contributed by atoms with Crippen molar-refractivity contribution in [3.8, 4) is 0 Å². The molecule has 0 bridgehead atoms. The molecule has 1 amide bonds. The van der Waals surface area contributed by atoms with Gasteiger partial charge in [0, 0.05) is 5.39 Å². The summed E-state index contributed by atoms with van der Waals surface area (Å²) < 4.78 is 28.4. The Morgan fingerprint density at radius 3 is 2.35 bits per heavy atom. The SMILES string of the molecule is NC(=O)C1(NS(=O)(=O)c2cccc3ccccc23)CCCCC1. The van der Waals surface area contributed by atoms with Gasteiger partial charge in [0.25, 0.3) is 0 Å². The van der Waals surface area contributed by atoms with E-state index in [0.29, 0.717) is 18.2 Å².